The van der Waals surface area contributed by atoms with Crippen molar-refractivity contribution in [2.45, 2.75) is 19.9 Å². The van der Waals surface area contributed by atoms with Crippen LogP contribution in [0.5, 0.6) is 0 Å². The summed E-state index contributed by atoms with van der Waals surface area (Å²) in [5, 5.41) is 13.2. The van der Waals surface area contributed by atoms with Crippen LogP contribution < -0.4 is 0 Å². The maximum atomic E-state index is 11.1. The predicted octanol–water partition coefficient (Wildman–Crippen LogP) is 0.646. The molecule has 0 aliphatic carbocycles. The first-order valence-corrected chi connectivity index (χ1v) is 6.80. The molecule has 6 heteroatoms. The Balaban J connectivity index is 1.96. The van der Waals surface area contributed by atoms with Crippen LogP contribution in [0.2, 0.25) is 0 Å². The molecule has 0 spiro atoms. The van der Waals surface area contributed by atoms with Gasteiger partial charge >= 0.3 is 5.97 Å². The Kier molecular flexibility index (Phi) is 4.55. The highest BCUT2D eigenvalue weighted by atomic mass is 16.4. The van der Waals surface area contributed by atoms with E-state index in [4.69, 9.17) is 5.11 Å². The van der Waals surface area contributed by atoms with E-state index in [0.717, 1.165) is 38.4 Å². The fourth-order valence-corrected chi connectivity index (χ4v) is 2.53. The number of aryl methyl sites for hydroxylation is 1. The topological polar surface area (TPSA) is 61.6 Å². The average Bonchev–Trinajstić information content (AvgIpc) is 2.74. The molecule has 1 aromatic heterocycles. The molecule has 0 bridgehead atoms. The molecule has 19 heavy (non-hydrogen) atoms. The summed E-state index contributed by atoms with van der Waals surface area (Å²) in [5.41, 5.74) is 1.11. The van der Waals surface area contributed by atoms with Gasteiger partial charge in [-0.2, -0.15) is 5.10 Å². The molecule has 0 unspecified atom stereocenters. The normalized spacial score (nSPS) is 17.8. The van der Waals surface area contributed by atoms with Crippen LogP contribution in [-0.4, -0.2) is 63.4 Å². The van der Waals surface area contributed by atoms with Crippen LogP contribution in [0.4, 0.5) is 0 Å². The summed E-state index contributed by atoms with van der Waals surface area (Å²) in [4.78, 5) is 15.9. The molecule has 0 amide bonds. The molecule has 0 atom stereocenters. The van der Waals surface area contributed by atoms with E-state index in [1.54, 1.807) is 11.7 Å². The molecule has 0 radical (unpaired) electrons. The minimum Gasteiger partial charge on any atom is -0.478 e. The highest BCUT2D eigenvalue weighted by Gasteiger charge is 2.21. The van der Waals surface area contributed by atoms with Gasteiger partial charge in [0.2, 0.25) is 0 Å². The molecule has 1 fully saturated rings. The largest absolute Gasteiger partial charge is 0.478 e. The molecule has 1 N–H and O–H groups in total. The zero-order valence-electron chi connectivity index (χ0n) is 11.7. The van der Waals surface area contributed by atoms with Crippen molar-refractivity contribution in [1.29, 1.82) is 0 Å². The predicted molar refractivity (Wildman–Crippen MR) is 72.2 cm³/mol. The van der Waals surface area contributed by atoms with E-state index in [2.05, 4.69) is 21.8 Å². The number of carbonyl (C=O) groups is 1. The number of nitrogens with zero attached hydrogens (tertiary/aromatic N) is 4. The Morgan fingerprint density at radius 1 is 1.32 bits per heavy atom. The zero-order valence-corrected chi connectivity index (χ0v) is 11.7. The lowest BCUT2D eigenvalue weighted by Crippen LogP contribution is -2.46. The summed E-state index contributed by atoms with van der Waals surface area (Å²) in [6.07, 6.45) is 2.62. The Hall–Kier alpha value is -1.40. The molecule has 2 rings (SSSR count). The van der Waals surface area contributed by atoms with Gasteiger partial charge in [-0.3, -0.25) is 9.58 Å². The van der Waals surface area contributed by atoms with Crippen LogP contribution in [0.25, 0.3) is 0 Å². The second-order valence-corrected chi connectivity index (χ2v) is 5.05. The number of rotatable bonds is 5. The van der Waals surface area contributed by atoms with Crippen LogP contribution in [0.1, 0.15) is 29.4 Å². The fourth-order valence-electron chi connectivity index (χ4n) is 2.53. The quantitative estimate of drug-likeness (QED) is 0.847. The third kappa shape index (κ3) is 3.33. The van der Waals surface area contributed by atoms with Crippen LogP contribution in [-0.2, 0) is 13.6 Å². The van der Waals surface area contributed by atoms with Crippen molar-refractivity contribution in [3.05, 3.63) is 17.5 Å². The number of hydrogen-bond acceptors (Lipinski definition) is 4. The molecule has 1 aliphatic heterocycles. The highest BCUT2D eigenvalue weighted by Crippen LogP contribution is 2.13. The van der Waals surface area contributed by atoms with Crippen molar-refractivity contribution >= 4 is 5.97 Å². The first-order valence-electron chi connectivity index (χ1n) is 6.80. The van der Waals surface area contributed by atoms with Gasteiger partial charge in [0.25, 0.3) is 0 Å². The molecule has 106 valence electrons. The number of aromatic carboxylic acids is 1. The van der Waals surface area contributed by atoms with E-state index >= 15 is 0 Å². The summed E-state index contributed by atoms with van der Waals surface area (Å²) in [5.74, 6) is -0.896. The van der Waals surface area contributed by atoms with Crippen molar-refractivity contribution in [2.24, 2.45) is 7.05 Å². The first-order chi connectivity index (χ1) is 9.11. The van der Waals surface area contributed by atoms with Crippen LogP contribution >= 0.6 is 0 Å². The molecule has 1 aliphatic rings. The first kappa shape index (κ1) is 14.0. The van der Waals surface area contributed by atoms with Crippen LogP contribution in [0.3, 0.4) is 0 Å². The Bertz CT molecular complexity index is 436. The highest BCUT2D eigenvalue weighted by molar-refractivity contribution is 5.88. The van der Waals surface area contributed by atoms with Gasteiger partial charge in [0.1, 0.15) is 5.56 Å². The third-order valence-electron chi connectivity index (χ3n) is 3.67. The SMILES string of the molecule is CCCN1CCN(Cc2c(C(=O)O)cnn2C)CC1. The minimum absolute atomic E-state index is 0.318. The Morgan fingerprint density at radius 3 is 2.53 bits per heavy atom. The smallest absolute Gasteiger partial charge is 0.339 e. The number of piperazine rings is 1. The number of aromatic nitrogens is 2. The second kappa shape index (κ2) is 6.16. The molecule has 1 saturated heterocycles. The molecule has 0 saturated carbocycles. The summed E-state index contributed by atoms with van der Waals surface area (Å²) < 4.78 is 1.67. The van der Waals surface area contributed by atoms with Crippen molar-refractivity contribution < 1.29 is 9.90 Å². The summed E-state index contributed by atoms with van der Waals surface area (Å²) in [7, 11) is 1.80. The number of carboxylic acid groups (broad SMARTS) is 1. The lowest BCUT2D eigenvalue weighted by atomic mass is 10.2. The standard InChI is InChI=1S/C13H22N4O2/c1-3-4-16-5-7-17(8-6-16)10-12-11(13(18)19)9-14-15(12)2/h9H,3-8,10H2,1-2H3,(H,18,19). The van der Waals surface area contributed by atoms with E-state index in [0.29, 0.717) is 12.1 Å². The van der Waals surface area contributed by atoms with Crippen molar-refractivity contribution in [3.8, 4) is 0 Å². The van der Waals surface area contributed by atoms with E-state index in [9.17, 15) is 4.79 Å². The van der Waals surface area contributed by atoms with E-state index in [-0.39, 0.29) is 0 Å². The van der Waals surface area contributed by atoms with Gasteiger partial charge in [0.05, 0.1) is 11.9 Å². The van der Waals surface area contributed by atoms with E-state index in [1.165, 1.54) is 12.6 Å². The lowest BCUT2D eigenvalue weighted by molar-refractivity contribution is 0.0692. The lowest BCUT2D eigenvalue weighted by Gasteiger charge is -2.34. The summed E-state index contributed by atoms with van der Waals surface area (Å²) in [6.45, 7) is 8.12. The van der Waals surface area contributed by atoms with Gasteiger partial charge in [-0.1, -0.05) is 6.92 Å². The maximum absolute atomic E-state index is 11.1. The Morgan fingerprint density at radius 2 is 1.95 bits per heavy atom. The van der Waals surface area contributed by atoms with Gasteiger partial charge < -0.3 is 10.0 Å². The number of carboxylic acids is 1. The van der Waals surface area contributed by atoms with Crippen molar-refractivity contribution in [2.75, 3.05) is 32.7 Å². The second-order valence-electron chi connectivity index (χ2n) is 5.05. The van der Waals surface area contributed by atoms with Gasteiger partial charge in [-0.05, 0) is 13.0 Å². The molecule has 2 heterocycles. The van der Waals surface area contributed by atoms with Gasteiger partial charge in [-0.25, -0.2) is 4.79 Å². The van der Waals surface area contributed by atoms with E-state index < -0.39 is 5.97 Å². The number of hydrogen-bond donors (Lipinski definition) is 1. The van der Waals surface area contributed by atoms with Crippen molar-refractivity contribution in [1.82, 2.24) is 19.6 Å². The maximum Gasteiger partial charge on any atom is 0.339 e. The Labute approximate surface area is 113 Å². The van der Waals surface area contributed by atoms with Gasteiger partial charge in [0, 0.05) is 39.8 Å². The molecular weight excluding hydrogens is 244 g/mol. The van der Waals surface area contributed by atoms with Crippen molar-refractivity contribution in [3.63, 3.8) is 0 Å². The minimum atomic E-state index is -0.896. The van der Waals surface area contributed by atoms with Gasteiger partial charge in [-0.15, -0.1) is 0 Å². The molecule has 6 nitrogen and oxygen atoms in total. The van der Waals surface area contributed by atoms with Crippen LogP contribution in [0, 0.1) is 0 Å². The third-order valence-corrected chi connectivity index (χ3v) is 3.67. The fraction of sp³-hybridized carbons (Fsp3) is 0.692. The average molecular weight is 266 g/mol. The zero-order chi connectivity index (χ0) is 13.8. The monoisotopic (exact) mass is 266 g/mol. The van der Waals surface area contributed by atoms with E-state index in [1.807, 2.05) is 0 Å². The van der Waals surface area contributed by atoms with Gasteiger partial charge in [0.15, 0.2) is 0 Å². The molecule has 0 aromatic carbocycles. The molecule has 1 aromatic rings. The summed E-state index contributed by atoms with van der Waals surface area (Å²) in [6, 6.07) is 0. The summed E-state index contributed by atoms with van der Waals surface area (Å²) >= 11 is 0. The van der Waals surface area contributed by atoms with Crippen LogP contribution in [0.15, 0.2) is 6.20 Å². The molecular formula is C13H22N4O2.